The number of hydrogen-bond donors (Lipinski definition) is 0. The Bertz CT molecular complexity index is 976. The average Bonchev–Trinajstić information content (AvgIpc) is 3.23. The van der Waals surface area contributed by atoms with Crippen molar-refractivity contribution in [2.75, 3.05) is 13.1 Å². The van der Waals surface area contributed by atoms with Crippen molar-refractivity contribution in [3.63, 3.8) is 0 Å². The molecule has 0 aromatic heterocycles. The van der Waals surface area contributed by atoms with Gasteiger partial charge in [-0.25, -0.2) is 0 Å². The zero-order chi connectivity index (χ0) is 10.3. The number of rotatable bonds is 1. The van der Waals surface area contributed by atoms with Crippen LogP contribution in [0, 0.1) is 0 Å². The molecular weight excluding hydrogens is 250 g/mol. The van der Waals surface area contributed by atoms with Crippen LogP contribution < -0.4 is 0 Å². The normalized spacial score (nSPS) is 129. The van der Waals surface area contributed by atoms with E-state index in [1.807, 2.05) is 0 Å². The molecule has 11 aliphatic rings. The number of fused-ring (bicyclic) bond motifs is 10. The third kappa shape index (κ3) is 0.0597. The van der Waals surface area contributed by atoms with E-state index in [1.165, 1.54) is 51.6 Å². The fraction of sp³-hybridized carbons (Fsp3) is 1.00. The Morgan fingerprint density at radius 1 is 0.882 bits per heavy atom. The van der Waals surface area contributed by atoms with Gasteiger partial charge in [-0.15, -0.1) is 0 Å². The standard InChI is InChI=1S/C10H14N.C5H5.Fe/c1-9-5-4-6-10(9)11-7-2-3-8-11;1-2-4-5-3-1;/h4-6H,2-3,7-8H2,1H3;1-5H;. The van der Waals surface area contributed by atoms with E-state index in [0.717, 1.165) is 8.75 Å². The van der Waals surface area contributed by atoms with Crippen LogP contribution >= 0.6 is 0 Å². The van der Waals surface area contributed by atoms with E-state index in [4.69, 9.17) is 0 Å². The molecule has 0 aromatic carbocycles. The first-order valence-corrected chi connectivity index (χ1v) is 14.2. The van der Waals surface area contributed by atoms with Crippen molar-refractivity contribution >= 4 is 0 Å². The Balaban J connectivity index is 1.62. The zero-order valence-corrected chi connectivity index (χ0v) is 11.4. The predicted octanol–water partition coefficient (Wildman–Crippen LogP) is 3.77. The molecule has 0 aliphatic carbocycles. The molecule has 1 nitrogen and oxygen atoms in total. The summed E-state index contributed by atoms with van der Waals surface area (Å²) in [5, 5.41) is 0. The van der Waals surface area contributed by atoms with Gasteiger partial charge in [0.25, 0.3) is 0 Å². The summed E-state index contributed by atoms with van der Waals surface area (Å²) in [7, 11) is 0. The zero-order valence-electron chi connectivity index (χ0n) is 10.2. The molecule has 92 valence electrons. The van der Waals surface area contributed by atoms with Crippen LogP contribution in [0.15, 0.2) is 0 Å². The molecule has 11 rings (SSSR count). The van der Waals surface area contributed by atoms with E-state index in [1.54, 1.807) is 12.8 Å². The molecule has 11 aliphatic heterocycles. The van der Waals surface area contributed by atoms with Gasteiger partial charge in [0.2, 0.25) is 0 Å². The van der Waals surface area contributed by atoms with Gasteiger partial charge in [-0.3, -0.25) is 0 Å². The van der Waals surface area contributed by atoms with Crippen LogP contribution in [0.2, 0.25) is 42.8 Å². The van der Waals surface area contributed by atoms with Crippen molar-refractivity contribution in [2.45, 2.75) is 67.0 Å². The third-order valence-electron chi connectivity index (χ3n) is 17.1. The van der Waals surface area contributed by atoms with E-state index in [0.29, 0.717) is 0 Å². The van der Waals surface area contributed by atoms with Gasteiger partial charge in [-0.2, -0.15) is 0 Å². The topological polar surface area (TPSA) is 3.24 Å². The second-order valence-electron chi connectivity index (χ2n) is 11.8. The van der Waals surface area contributed by atoms with E-state index in [2.05, 4.69) is 11.8 Å². The van der Waals surface area contributed by atoms with E-state index >= 15 is 0 Å². The molecule has 11 saturated heterocycles. The fourth-order valence-electron chi connectivity index (χ4n) is 19.5. The Morgan fingerprint density at radius 2 is 1.47 bits per heavy atom. The second kappa shape index (κ2) is 0.504. The molecule has 17 heavy (non-hydrogen) atoms. The second-order valence-corrected chi connectivity index (χ2v) is 35.2. The molecular formula is C15H19FeN. The van der Waals surface area contributed by atoms with Crippen LogP contribution in [0.5, 0.6) is 0 Å². The Morgan fingerprint density at radius 3 is 1.76 bits per heavy atom. The molecule has 0 N–H and O–H groups in total. The number of hydrogen-bond acceptors (Lipinski definition) is 1. The maximum atomic E-state index is 3.19. The molecule has 0 radical (unpaired) electrons. The summed E-state index contributed by atoms with van der Waals surface area (Å²) in [5.41, 5.74) is 0. The minimum absolute atomic E-state index is 1.04. The van der Waals surface area contributed by atoms with Gasteiger partial charge >= 0.3 is 91.5 Å². The minimum atomic E-state index is -2.87. The van der Waals surface area contributed by atoms with Gasteiger partial charge in [0.15, 0.2) is 0 Å². The van der Waals surface area contributed by atoms with Crippen LogP contribution in [0.1, 0.15) is 19.8 Å². The van der Waals surface area contributed by atoms with Crippen molar-refractivity contribution in [3.05, 3.63) is 0 Å². The Labute approximate surface area is 91.6 Å². The summed E-state index contributed by atoms with van der Waals surface area (Å²) in [6.07, 6.45) is 3.09. The SMILES string of the molecule is C[C]12[CH]3[CH]4[CH]5[C]1(N1CCCC1)[Fe]43521678[CH]2[CH]1[CH]6[CH]7[CH]28. The molecule has 5 atom stereocenters. The van der Waals surface area contributed by atoms with Gasteiger partial charge in [0.05, 0.1) is 0 Å². The third-order valence-corrected chi connectivity index (χ3v) is 61.2. The average molecular weight is 269 g/mol. The molecule has 5 unspecified atom stereocenters. The van der Waals surface area contributed by atoms with Crippen molar-refractivity contribution < 1.29 is 6.51 Å². The van der Waals surface area contributed by atoms with E-state index < -0.39 is 6.51 Å². The first-order valence-electron chi connectivity index (χ1n) is 8.00. The summed E-state index contributed by atoms with van der Waals surface area (Å²) < 4.78 is 2.12. The Kier molecular flexibility index (Phi) is 0.187. The predicted molar refractivity (Wildman–Crippen MR) is 61.9 cm³/mol. The number of likely N-dealkylation sites (tertiary alicyclic amines) is 1. The van der Waals surface area contributed by atoms with Crippen LogP contribution in [0.3, 0.4) is 0 Å². The quantitative estimate of drug-likeness (QED) is 0.655. The van der Waals surface area contributed by atoms with Crippen molar-refractivity contribution in [2.24, 2.45) is 0 Å². The monoisotopic (exact) mass is 269 g/mol. The van der Waals surface area contributed by atoms with Crippen LogP contribution in [0.4, 0.5) is 0 Å². The molecule has 11 heterocycles. The summed E-state index contributed by atoms with van der Waals surface area (Å²) in [6, 6.07) is 0. The van der Waals surface area contributed by atoms with Crippen LogP contribution in [-0.2, 0) is 6.51 Å². The van der Waals surface area contributed by atoms with Gasteiger partial charge in [0, 0.05) is 0 Å². The molecule has 1 spiro atoms. The number of nitrogens with zero attached hydrogens (tertiary/aromatic N) is 1. The van der Waals surface area contributed by atoms with Gasteiger partial charge in [-0.05, 0) is 0 Å². The molecule has 0 amide bonds. The molecule has 0 aromatic rings. The van der Waals surface area contributed by atoms with Crippen molar-refractivity contribution in [3.8, 4) is 0 Å². The molecule has 0 bridgehead atoms. The molecule has 11 fully saturated rings. The molecule has 0 saturated carbocycles. The van der Waals surface area contributed by atoms with Crippen molar-refractivity contribution in [1.82, 2.24) is 4.90 Å². The van der Waals surface area contributed by atoms with Gasteiger partial charge in [0.1, 0.15) is 0 Å². The van der Waals surface area contributed by atoms with Crippen LogP contribution in [0.25, 0.3) is 0 Å². The summed E-state index contributed by atoms with van der Waals surface area (Å²) in [6.45, 7) is 3.09. The summed E-state index contributed by atoms with van der Waals surface area (Å²) >= 11 is 0. The Hall–Kier alpha value is 0.479. The molecule has 2 heteroatoms. The fourth-order valence-corrected chi connectivity index (χ4v) is 96.7. The first kappa shape index (κ1) is 6.29. The van der Waals surface area contributed by atoms with Gasteiger partial charge in [-0.1, -0.05) is 0 Å². The summed E-state index contributed by atoms with van der Waals surface area (Å²) in [4.78, 5) is 15.2. The maximum absolute atomic E-state index is 3.19. The van der Waals surface area contributed by atoms with Gasteiger partial charge < -0.3 is 0 Å². The van der Waals surface area contributed by atoms with E-state index in [9.17, 15) is 0 Å². The summed E-state index contributed by atoms with van der Waals surface area (Å²) in [5.74, 6) is 0. The first-order chi connectivity index (χ1) is 8.04. The van der Waals surface area contributed by atoms with E-state index in [-0.39, 0.29) is 0 Å². The van der Waals surface area contributed by atoms with Crippen LogP contribution in [-0.4, -0.2) is 22.4 Å². The van der Waals surface area contributed by atoms with Crippen molar-refractivity contribution in [1.29, 1.82) is 0 Å².